The van der Waals surface area contributed by atoms with E-state index in [1.165, 1.54) is 4.31 Å². The molecule has 1 fully saturated rings. The first kappa shape index (κ1) is 31.9. The Labute approximate surface area is 268 Å². The molecule has 1 amide bonds. The van der Waals surface area contributed by atoms with Crippen LogP contribution in [-0.2, 0) is 15.4 Å². The normalized spacial score (nSPS) is 14.8. The molecule has 1 aliphatic heterocycles. The van der Waals surface area contributed by atoms with E-state index in [9.17, 15) is 13.2 Å². The third-order valence-corrected chi connectivity index (χ3v) is 10.7. The lowest BCUT2D eigenvalue weighted by molar-refractivity contribution is 0.0699. The molecule has 0 spiro atoms. The molecule has 2 heterocycles. The maximum absolute atomic E-state index is 14.0. The standard InChI is InChI=1S/C35H38BrN3O4S/c1-23-18-26(35(3,4)5)19-24(2)33(23)44(41,42)39-16-14-38(15-17-39)34(40)31-22-28(37-32-13-11-27(36)21-30(31)32)12-10-25-8-7-9-29(20-25)43-6/h7-13,18-22H,14-17H2,1-6H3/b12-10+. The second-order valence-electron chi connectivity index (χ2n) is 12.3. The number of hydrogen-bond donors (Lipinski definition) is 0. The molecule has 44 heavy (non-hydrogen) atoms. The number of methoxy groups -OCH3 is 1. The second kappa shape index (κ2) is 12.5. The maximum Gasteiger partial charge on any atom is 0.254 e. The Balaban J connectivity index is 1.40. The molecule has 0 unspecified atom stereocenters. The Morgan fingerprint density at radius 2 is 1.61 bits per heavy atom. The van der Waals surface area contributed by atoms with Gasteiger partial charge in [0.2, 0.25) is 10.0 Å². The summed E-state index contributed by atoms with van der Waals surface area (Å²) in [7, 11) is -2.09. The van der Waals surface area contributed by atoms with Crippen LogP contribution in [0.5, 0.6) is 5.75 Å². The molecular weight excluding hydrogens is 638 g/mol. The number of amides is 1. The topological polar surface area (TPSA) is 79.8 Å². The maximum atomic E-state index is 14.0. The van der Waals surface area contributed by atoms with Gasteiger partial charge in [0, 0.05) is 36.0 Å². The molecule has 9 heteroatoms. The van der Waals surface area contributed by atoms with E-state index in [1.54, 1.807) is 18.1 Å². The number of aromatic nitrogens is 1. The van der Waals surface area contributed by atoms with Crippen molar-refractivity contribution in [1.82, 2.24) is 14.2 Å². The fourth-order valence-corrected chi connectivity index (χ4v) is 7.82. The van der Waals surface area contributed by atoms with Gasteiger partial charge in [-0.25, -0.2) is 13.4 Å². The van der Waals surface area contributed by atoms with Crippen molar-refractivity contribution in [2.75, 3.05) is 33.3 Å². The predicted molar refractivity (Wildman–Crippen MR) is 181 cm³/mol. The molecule has 0 aliphatic carbocycles. The summed E-state index contributed by atoms with van der Waals surface area (Å²) in [5.41, 5.74) is 5.35. The highest BCUT2D eigenvalue weighted by atomic mass is 79.9. The van der Waals surface area contributed by atoms with Crippen molar-refractivity contribution in [2.45, 2.75) is 44.9 Å². The number of nitrogens with zero attached hydrogens (tertiary/aromatic N) is 3. The van der Waals surface area contributed by atoms with Crippen molar-refractivity contribution < 1.29 is 17.9 Å². The fraction of sp³-hybridized carbons (Fsp3) is 0.314. The summed E-state index contributed by atoms with van der Waals surface area (Å²) in [5.74, 6) is 0.609. The highest BCUT2D eigenvalue weighted by Gasteiger charge is 2.33. The number of sulfonamides is 1. The van der Waals surface area contributed by atoms with Crippen molar-refractivity contribution in [2.24, 2.45) is 0 Å². The average molecular weight is 677 g/mol. The molecule has 0 atom stereocenters. The first-order valence-corrected chi connectivity index (χ1v) is 16.8. The van der Waals surface area contributed by atoms with Crippen molar-refractivity contribution in [3.63, 3.8) is 0 Å². The Kier molecular flexibility index (Phi) is 9.03. The summed E-state index contributed by atoms with van der Waals surface area (Å²) in [6.45, 7) is 11.1. The number of rotatable bonds is 6. The number of benzene rings is 3. The molecular formula is C35H38BrN3O4S. The Morgan fingerprint density at radius 1 is 0.932 bits per heavy atom. The number of hydrogen-bond acceptors (Lipinski definition) is 5. The molecule has 1 saturated heterocycles. The lowest BCUT2D eigenvalue weighted by Gasteiger charge is -2.35. The van der Waals surface area contributed by atoms with Crippen LogP contribution in [-0.4, -0.2) is 61.8 Å². The molecule has 230 valence electrons. The summed E-state index contributed by atoms with van der Waals surface area (Å²) in [6, 6.07) is 19.2. The fourth-order valence-electron chi connectivity index (χ4n) is 5.63. The number of carbonyl (C=O) groups is 1. The van der Waals surface area contributed by atoms with Crippen LogP contribution in [0.4, 0.5) is 0 Å². The number of ether oxygens (including phenoxy) is 1. The molecule has 1 aromatic heterocycles. The minimum atomic E-state index is -3.72. The molecule has 0 radical (unpaired) electrons. The van der Waals surface area contributed by atoms with Crippen LogP contribution in [0.15, 0.2) is 70.0 Å². The van der Waals surface area contributed by atoms with E-state index < -0.39 is 10.0 Å². The van der Waals surface area contributed by atoms with Crippen LogP contribution in [0.2, 0.25) is 0 Å². The zero-order chi connectivity index (χ0) is 31.8. The number of piperazine rings is 1. The summed E-state index contributed by atoms with van der Waals surface area (Å²) < 4.78 is 35.3. The molecule has 0 saturated carbocycles. The summed E-state index contributed by atoms with van der Waals surface area (Å²) in [6.07, 6.45) is 3.82. The first-order valence-electron chi connectivity index (χ1n) is 14.6. The van der Waals surface area contributed by atoms with E-state index in [-0.39, 0.29) is 24.4 Å². The summed E-state index contributed by atoms with van der Waals surface area (Å²) >= 11 is 3.53. The molecule has 4 aromatic rings. The van der Waals surface area contributed by atoms with Crippen LogP contribution in [0.1, 0.15) is 59.1 Å². The predicted octanol–water partition coefficient (Wildman–Crippen LogP) is 7.24. The van der Waals surface area contributed by atoms with Gasteiger partial charge in [-0.15, -0.1) is 0 Å². The third-order valence-electron chi connectivity index (χ3n) is 8.01. The van der Waals surface area contributed by atoms with E-state index in [1.807, 2.05) is 80.6 Å². The van der Waals surface area contributed by atoms with Crippen LogP contribution in [0.3, 0.4) is 0 Å². The highest BCUT2D eigenvalue weighted by Crippen LogP contribution is 2.32. The van der Waals surface area contributed by atoms with E-state index >= 15 is 0 Å². The van der Waals surface area contributed by atoms with Gasteiger partial charge in [-0.1, -0.05) is 67.0 Å². The van der Waals surface area contributed by atoms with Gasteiger partial charge >= 0.3 is 0 Å². The van der Waals surface area contributed by atoms with Gasteiger partial charge in [0.25, 0.3) is 5.91 Å². The Bertz CT molecular complexity index is 1850. The van der Waals surface area contributed by atoms with Crippen LogP contribution in [0, 0.1) is 13.8 Å². The van der Waals surface area contributed by atoms with Crippen LogP contribution < -0.4 is 4.74 Å². The van der Waals surface area contributed by atoms with E-state index in [0.29, 0.717) is 34.8 Å². The molecule has 3 aromatic carbocycles. The van der Waals surface area contributed by atoms with Gasteiger partial charge < -0.3 is 9.64 Å². The highest BCUT2D eigenvalue weighted by molar-refractivity contribution is 9.10. The number of halogens is 1. The van der Waals surface area contributed by atoms with Crippen LogP contribution in [0.25, 0.3) is 23.1 Å². The molecule has 1 aliphatic rings. The second-order valence-corrected chi connectivity index (χ2v) is 15.0. The SMILES string of the molecule is COc1cccc(/C=C/c2cc(C(=O)N3CCN(S(=O)(=O)c4c(C)cc(C(C)(C)C)cc4C)CC3)c3cc(Br)ccc3n2)c1. The van der Waals surface area contributed by atoms with Gasteiger partial charge in [0.1, 0.15) is 5.75 Å². The quantitative estimate of drug-likeness (QED) is 0.215. The number of carbonyl (C=O) groups excluding carboxylic acids is 1. The van der Waals surface area contributed by atoms with Gasteiger partial charge in [-0.05, 0) is 84.0 Å². The lowest BCUT2D eigenvalue weighted by atomic mass is 9.85. The van der Waals surface area contributed by atoms with E-state index in [4.69, 9.17) is 9.72 Å². The molecule has 0 bridgehead atoms. The summed E-state index contributed by atoms with van der Waals surface area (Å²) in [4.78, 5) is 20.9. The Hall–Kier alpha value is -3.53. The van der Waals surface area contributed by atoms with Gasteiger partial charge in [0.05, 0.1) is 28.8 Å². The van der Waals surface area contributed by atoms with Crippen LogP contribution >= 0.6 is 15.9 Å². The molecule has 0 N–H and O–H groups in total. The zero-order valence-corrected chi connectivity index (χ0v) is 28.4. The van der Waals surface area contributed by atoms with Gasteiger partial charge in [0.15, 0.2) is 0 Å². The summed E-state index contributed by atoms with van der Waals surface area (Å²) in [5, 5.41) is 0.739. The largest absolute Gasteiger partial charge is 0.497 e. The average Bonchev–Trinajstić information content (AvgIpc) is 2.98. The molecule has 7 nitrogen and oxygen atoms in total. The Morgan fingerprint density at radius 3 is 2.25 bits per heavy atom. The third kappa shape index (κ3) is 6.60. The number of pyridine rings is 1. The number of aryl methyl sites for hydroxylation is 2. The van der Waals surface area contributed by atoms with E-state index in [2.05, 4.69) is 36.7 Å². The zero-order valence-electron chi connectivity index (χ0n) is 26.0. The van der Waals surface area contributed by atoms with Gasteiger partial charge in [-0.2, -0.15) is 4.31 Å². The number of fused-ring (bicyclic) bond motifs is 1. The van der Waals surface area contributed by atoms with Gasteiger partial charge in [-0.3, -0.25) is 4.79 Å². The minimum Gasteiger partial charge on any atom is -0.497 e. The van der Waals surface area contributed by atoms with Crippen molar-refractivity contribution in [3.8, 4) is 5.75 Å². The monoisotopic (exact) mass is 675 g/mol. The van der Waals surface area contributed by atoms with Crippen molar-refractivity contribution in [1.29, 1.82) is 0 Å². The van der Waals surface area contributed by atoms with Crippen molar-refractivity contribution in [3.05, 3.63) is 98.6 Å². The molecule has 5 rings (SSSR count). The minimum absolute atomic E-state index is 0.0821. The first-order chi connectivity index (χ1) is 20.8. The van der Waals surface area contributed by atoms with Crippen molar-refractivity contribution >= 4 is 54.9 Å². The lowest BCUT2D eigenvalue weighted by Crippen LogP contribution is -2.50. The smallest absolute Gasteiger partial charge is 0.254 e. The van der Waals surface area contributed by atoms with E-state index in [0.717, 1.165) is 37.9 Å².